The molecule has 0 bridgehead atoms. The van der Waals surface area contributed by atoms with Crippen molar-refractivity contribution < 1.29 is 28.5 Å². The summed E-state index contributed by atoms with van der Waals surface area (Å²) in [5.74, 6) is 7.62. The number of ketones is 2. The molecular weight excluding hydrogens is 2090 g/mol. The number of ether oxygens (including phenoxy) is 4. The van der Waals surface area contributed by atoms with Crippen molar-refractivity contribution in [2.75, 3.05) is 26.4 Å². The fourth-order valence-electron chi connectivity index (χ4n) is 18.7. The molecule has 8 heterocycles. The minimum absolute atomic E-state index is 0.109. The second kappa shape index (κ2) is 55.6. The van der Waals surface area contributed by atoms with Gasteiger partial charge in [0.15, 0.2) is 11.6 Å². The Hall–Kier alpha value is -2.34. The third kappa shape index (κ3) is 30.3. The molecule has 0 spiro atoms. The summed E-state index contributed by atoms with van der Waals surface area (Å²) in [6, 6.07) is 24.0. The molecule has 0 amide bonds. The zero-order valence-corrected chi connectivity index (χ0v) is 99.2. The first kappa shape index (κ1) is 110. The van der Waals surface area contributed by atoms with Gasteiger partial charge in [-0.05, 0) is 145 Å². The molecule has 0 fully saturated rings. The van der Waals surface area contributed by atoms with Gasteiger partial charge in [0.25, 0.3) is 0 Å². The number of rotatable bonds is 59. The Labute approximate surface area is 843 Å². The van der Waals surface area contributed by atoms with E-state index in [0.29, 0.717) is 35.2 Å². The van der Waals surface area contributed by atoms with E-state index in [2.05, 4.69) is 213 Å². The van der Waals surface area contributed by atoms with E-state index in [1.807, 2.05) is 62.8 Å². The van der Waals surface area contributed by atoms with Crippen molar-refractivity contribution >= 4 is 259 Å². The smallest absolute Gasteiger partial charge is 0.175 e. The first-order valence-electron chi connectivity index (χ1n) is 51.6. The van der Waals surface area contributed by atoms with Gasteiger partial charge in [-0.15, -0.1) is 68.0 Å². The summed E-state index contributed by atoms with van der Waals surface area (Å²) in [5, 5.41) is 12.5. The van der Waals surface area contributed by atoms with E-state index in [0.717, 1.165) is 124 Å². The van der Waals surface area contributed by atoms with E-state index in [1.54, 1.807) is 39.8 Å². The zero-order chi connectivity index (χ0) is 93.6. The van der Waals surface area contributed by atoms with E-state index in [1.165, 1.54) is 302 Å². The Bertz CT molecular complexity index is 5300. The molecule has 0 aliphatic rings. The number of benzene rings is 4. The third-order valence-corrected chi connectivity index (χ3v) is 56.9. The van der Waals surface area contributed by atoms with Gasteiger partial charge in [0.2, 0.25) is 0 Å². The Morgan fingerprint density at radius 1 is 0.300 bits per heavy atom. The number of carbonyl (C=O) groups excluding carboxylic acids is 2. The molecule has 130 heavy (non-hydrogen) atoms. The van der Waals surface area contributed by atoms with Crippen molar-refractivity contribution in [3.05, 3.63) is 87.7 Å². The van der Waals surface area contributed by atoms with Gasteiger partial charge in [0, 0.05) is 72.9 Å². The standard InChI is InChI=1S/C54H76O3S4.C38H54O2S2.C14H16Br2OS2.6CH3.2Sn/c1-9-15-20-22-26-38(24-17-11-3)34-56-51-42-31-47-44(32-49(60-47)54-45-33-48(61-53(45)37(8)59-54)50(55)40(14-6)28-19-13-5)52(41(42)30-46-43(51)29-36(7)58-46)57-35-39(25-18-12-4)27-23-21-16-10-2;1-5-9-13-15-19-29(17-11-7-3)27-39-37-31-21-23-41-35(31)26-34-33(37)25-36-32(22-24-42-36)38(34)40-28-30(18-12-8-4)20-16-14-10-6-2;1-3-5-6-8(4-2)11(17)10-7-9-12(18-10)14(16)19-13(9)15;;;;;;;;/h29-33,38-40H,9-28,34-35H2,1-8H3;21-22,25-26,29-30H,5-20,27-28H2,1-4H3;7-8H,3-6H2,1-2H3;6*1H3;;. The average molecular weight is 2260 g/mol. The van der Waals surface area contributed by atoms with Gasteiger partial charge in [-0.3, -0.25) is 9.59 Å². The number of thiophene rings is 8. The number of hydrogen-bond acceptors (Lipinski definition) is 14. The van der Waals surface area contributed by atoms with Crippen LogP contribution in [0.15, 0.2) is 68.2 Å². The molecule has 18 heteroatoms. The topological polar surface area (TPSA) is 71.1 Å². The molecule has 12 rings (SSSR count). The minimum atomic E-state index is -2.32. The van der Waals surface area contributed by atoms with Crippen molar-refractivity contribution in [2.45, 2.75) is 383 Å². The number of unbranched alkanes of at least 4 members (excludes halogenated alkanes) is 18. The summed E-state index contributed by atoms with van der Waals surface area (Å²) >= 11 is 17.2. The number of hydrogen-bond donors (Lipinski definition) is 0. The fraction of sp³-hybridized carbons (Fsp3) is 0.625. The molecule has 0 saturated carbocycles. The van der Waals surface area contributed by atoms with Crippen molar-refractivity contribution in [1.29, 1.82) is 0 Å². The second-order valence-electron chi connectivity index (χ2n) is 40.1. The molecule has 6 nitrogen and oxygen atoms in total. The fourth-order valence-corrected chi connectivity index (χ4v) is 40.5. The van der Waals surface area contributed by atoms with E-state index >= 15 is 0 Å². The minimum Gasteiger partial charge on any atom is -0.492 e. The molecule has 6 atom stereocenters. The summed E-state index contributed by atoms with van der Waals surface area (Å²) in [6.45, 7) is 34.8. The number of aryl methyl sites for hydroxylation is 2. The number of halogens is 2. The maximum atomic E-state index is 13.9. The summed E-state index contributed by atoms with van der Waals surface area (Å²) in [7, 11) is 0. The first-order valence-corrected chi connectivity index (χ1v) is 79.7. The summed E-state index contributed by atoms with van der Waals surface area (Å²) in [5.41, 5.74) is 0. The monoisotopic (exact) mass is 2260 g/mol. The number of fused-ring (bicyclic) bond motifs is 8. The molecule has 718 valence electrons. The maximum absolute atomic E-state index is 13.9. The second-order valence-corrected chi connectivity index (χ2v) is 82.4. The van der Waals surface area contributed by atoms with Crippen LogP contribution in [-0.2, 0) is 0 Å². The molecule has 4 aromatic carbocycles. The van der Waals surface area contributed by atoms with Gasteiger partial charge in [-0.25, -0.2) is 0 Å². The van der Waals surface area contributed by atoms with Crippen LogP contribution in [0.3, 0.4) is 0 Å². The third-order valence-electron chi connectivity index (χ3n) is 27.0. The van der Waals surface area contributed by atoms with E-state index in [9.17, 15) is 9.59 Å². The summed E-state index contributed by atoms with van der Waals surface area (Å²) in [6.07, 6.45) is 49.4. The first-order chi connectivity index (χ1) is 62.7. The predicted molar refractivity (Wildman–Crippen MR) is 603 cm³/mol. The van der Waals surface area contributed by atoms with Gasteiger partial charge >= 0.3 is 313 Å². The van der Waals surface area contributed by atoms with Crippen molar-refractivity contribution in [2.24, 2.45) is 35.5 Å². The van der Waals surface area contributed by atoms with Crippen LogP contribution in [-0.4, -0.2) is 74.7 Å². The molecule has 0 N–H and O–H groups in total. The largest absolute Gasteiger partial charge is 0.492 e. The maximum Gasteiger partial charge on any atom is 0.175 e. The summed E-state index contributed by atoms with van der Waals surface area (Å²) in [4.78, 5) is 48.7. The Morgan fingerprint density at radius 3 is 0.962 bits per heavy atom. The number of carbonyl (C=O) groups is 2. The van der Waals surface area contributed by atoms with Crippen LogP contribution in [0.2, 0.25) is 29.6 Å². The van der Waals surface area contributed by atoms with Crippen LogP contribution in [0.4, 0.5) is 0 Å². The van der Waals surface area contributed by atoms with Crippen LogP contribution < -0.4 is 24.7 Å². The molecule has 6 unspecified atom stereocenters. The molecule has 0 aliphatic carbocycles. The van der Waals surface area contributed by atoms with E-state index < -0.39 is 36.8 Å². The van der Waals surface area contributed by atoms with Gasteiger partial charge < -0.3 is 9.47 Å². The van der Waals surface area contributed by atoms with Gasteiger partial charge in [-0.1, -0.05) is 172 Å². The van der Waals surface area contributed by atoms with Crippen molar-refractivity contribution in [3.8, 4) is 32.8 Å². The molecule has 8 aromatic heterocycles. The van der Waals surface area contributed by atoms with Crippen LogP contribution in [0.1, 0.15) is 369 Å². The zero-order valence-electron chi connectivity index (χ0n) is 83.8. The van der Waals surface area contributed by atoms with Crippen LogP contribution in [0, 0.1) is 49.4 Å². The molecule has 12 aromatic rings. The normalized spacial score (nSPS) is 13.6. The van der Waals surface area contributed by atoms with Gasteiger partial charge in [-0.2, -0.15) is 0 Å². The van der Waals surface area contributed by atoms with Crippen molar-refractivity contribution in [3.63, 3.8) is 0 Å². The van der Waals surface area contributed by atoms with Crippen LogP contribution >= 0.6 is 123 Å². The molecule has 0 radical (unpaired) electrons. The Kier molecular flexibility index (Phi) is 46.9. The SMILES string of the molecule is CCCCC(CC)C(=O)c1cc2c(Br)sc(Br)c2s1.CCCCCCC(CCCC)COc1c2c[c]([Sn]([CH3])([CH3])[CH3])sc2cc2c(OCC(CCCC)CCCCCC)c3c[c]([Sn]([CH3])([CH3])[CH3])sc3cc12.CCCCCCC(CCCC)COc1c2cc(C)sc2cc2c(OCC(CCCC)CCCCCC)c3cc(-c4sc(C)c5sc(C(=O)C(CC)CCCC)cc45)sc3cc12. The van der Waals surface area contributed by atoms with E-state index in [4.69, 9.17) is 18.9 Å². The Morgan fingerprint density at radius 2 is 0.615 bits per heavy atom. The van der Waals surface area contributed by atoms with Gasteiger partial charge in [0.05, 0.1) is 40.1 Å². The molecular formula is C112H164Br2O6S8Sn2. The average Bonchev–Trinajstić information content (AvgIpc) is 1.55. The molecule has 0 aliphatic heterocycles. The van der Waals surface area contributed by atoms with E-state index in [-0.39, 0.29) is 11.8 Å². The molecule has 0 saturated heterocycles. The Balaban J connectivity index is 0.000000227. The summed E-state index contributed by atoms with van der Waals surface area (Å²) < 4.78 is 42.1. The quantitative estimate of drug-likeness (QED) is 0.0215. The van der Waals surface area contributed by atoms with Gasteiger partial charge in [0.1, 0.15) is 11.5 Å². The number of Topliss-reactive ketones (excluding diaryl/α,β-unsaturated/α-hetero) is 2. The van der Waals surface area contributed by atoms with Crippen molar-refractivity contribution in [1.82, 2.24) is 0 Å². The predicted octanol–water partition coefficient (Wildman–Crippen LogP) is 41.1. The van der Waals surface area contributed by atoms with Crippen LogP contribution in [0.25, 0.3) is 91.8 Å². The van der Waals surface area contributed by atoms with Crippen LogP contribution in [0.5, 0.6) is 23.0 Å².